The van der Waals surface area contributed by atoms with Crippen LogP contribution < -0.4 is 4.90 Å². The van der Waals surface area contributed by atoms with Crippen LogP contribution in [0, 0.1) is 5.92 Å². The second kappa shape index (κ2) is 5.92. The topological polar surface area (TPSA) is 62.7 Å². The number of anilines is 1. The standard InChI is InChI=1S/C17H21N3O3/c21-16-10-15-14(20(16)13-2-1-6-18-11-13)3-7-19(15)17(22)12-4-8-23-9-5-12/h1-2,6,11-12,14-15H,3-5,7-10H2/t14-,15+/m1/s1. The molecule has 0 bridgehead atoms. The van der Waals surface area contributed by atoms with Gasteiger partial charge < -0.3 is 14.5 Å². The highest BCUT2D eigenvalue weighted by Gasteiger charge is 2.49. The molecule has 4 heterocycles. The molecule has 0 unspecified atom stereocenters. The largest absolute Gasteiger partial charge is 0.381 e. The van der Waals surface area contributed by atoms with Gasteiger partial charge in [0.1, 0.15) is 0 Å². The fourth-order valence-electron chi connectivity index (χ4n) is 4.13. The van der Waals surface area contributed by atoms with Crippen molar-refractivity contribution in [3.63, 3.8) is 0 Å². The van der Waals surface area contributed by atoms with E-state index in [-0.39, 0.29) is 29.8 Å². The second-order valence-corrected chi connectivity index (χ2v) is 6.52. The van der Waals surface area contributed by atoms with Crippen molar-refractivity contribution in [3.05, 3.63) is 24.5 Å². The summed E-state index contributed by atoms with van der Waals surface area (Å²) in [5.41, 5.74) is 0.838. The number of aromatic nitrogens is 1. The molecule has 0 radical (unpaired) electrons. The van der Waals surface area contributed by atoms with Crippen molar-refractivity contribution in [1.82, 2.24) is 9.88 Å². The van der Waals surface area contributed by atoms with E-state index in [2.05, 4.69) is 4.98 Å². The number of amides is 2. The zero-order chi connectivity index (χ0) is 15.8. The predicted molar refractivity (Wildman–Crippen MR) is 83.8 cm³/mol. The van der Waals surface area contributed by atoms with Crippen LogP contribution in [0.2, 0.25) is 0 Å². The Balaban J connectivity index is 1.52. The number of nitrogens with zero attached hydrogens (tertiary/aromatic N) is 3. The van der Waals surface area contributed by atoms with Crippen LogP contribution in [0.3, 0.4) is 0 Å². The minimum atomic E-state index is 0.0121. The van der Waals surface area contributed by atoms with Crippen LogP contribution >= 0.6 is 0 Å². The number of carbonyl (C=O) groups excluding carboxylic acids is 2. The first kappa shape index (κ1) is 14.6. The Bertz CT molecular complexity index is 600. The molecule has 6 heteroatoms. The quantitative estimate of drug-likeness (QED) is 0.823. The Morgan fingerprint density at radius 2 is 2.04 bits per heavy atom. The minimum Gasteiger partial charge on any atom is -0.381 e. The zero-order valence-corrected chi connectivity index (χ0v) is 13.1. The molecule has 0 aromatic carbocycles. The van der Waals surface area contributed by atoms with Crippen molar-refractivity contribution in [3.8, 4) is 0 Å². The van der Waals surface area contributed by atoms with E-state index in [1.807, 2.05) is 21.9 Å². The normalized spacial score (nSPS) is 28.3. The van der Waals surface area contributed by atoms with E-state index < -0.39 is 0 Å². The molecule has 6 nitrogen and oxygen atoms in total. The lowest BCUT2D eigenvalue weighted by molar-refractivity contribution is -0.139. The summed E-state index contributed by atoms with van der Waals surface area (Å²) in [5, 5.41) is 0. The van der Waals surface area contributed by atoms with Gasteiger partial charge in [0.15, 0.2) is 0 Å². The highest BCUT2D eigenvalue weighted by atomic mass is 16.5. The van der Waals surface area contributed by atoms with E-state index in [0.29, 0.717) is 19.6 Å². The van der Waals surface area contributed by atoms with Crippen molar-refractivity contribution >= 4 is 17.5 Å². The van der Waals surface area contributed by atoms with Gasteiger partial charge in [0, 0.05) is 38.3 Å². The average Bonchev–Trinajstić information content (AvgIpc) is 3.13. The maximum atomic E-state index is 12.8. The van der Waals surface area contributed by atoms with Crippen LogP contribution in [0.25, 0.3) is 0 Å². The Morgan fingerprint density at radius 3 is 2.78 bits per heavy atom. The van der Waals surface area contributed by atoms with Crippen molar-refractivity contribution in [2.24, 2.45) is 5.92 Å². The van der Waals surface area contributed by atoms with Crippen molar-refractivity contribution in [2.45, 2.75) is 37.8 Å². The Hall–Kier alpha value is -1.95. The number of hydrogen-bond acceptors (Lipinski definition) is 4. The summed E-state index contributed by atoms with van der Waals surface area (Å²) in [5.74, 6) is 0.365. The summed E-state index contributed by atoms with van der Waals surface area (Å²) in [4.78, 5) is 33.2. The molecule has 2 amide bonds. The summed E-state index contributed by atoms with van der Waals surface area (Å²) in [6, 6.07) is 3.86. The first-order valence-corrected chi connectivity index (χ1v) is 8.36. The monoisotopic (exact) mass is 315 g/mol. The first-order valence-electron chi connectivity index (χ1n) is 8.36. The summed E-state index contributed by atoms with van der Waals surface area (Å²) < 4.78 is 5.35. The Morgan fingerprint density at radius 1 is 1.22 bits per heavy atom. The van der Waals surface area contributed by atoms with Gasteiger partial charge in [-0.25, -0.2) is 0 Å². The fourth-order valence-corrected chi connectivity index (χ4v) is 4.13. The second-order valence-electron chi connectivity index (χ2n) is 6.52. The van der Waals surface area contributed by atoms with E-state index in [9.17, 15) is 9.59 Å². The van der Waals surface area contributed by atoms with Gasteiger partial charge in [-0.2, -0.15) is 0 Å². The SMILES string of the molecule is O=C(C1CCOCC1)N1CC[C@@H]2[C@@H]1CC(=O)N2c1cccnc1. The van der Waals surface area contributed by atoms with Gasteiger partial charge in [0.2, 0.25) is 11.8 Å². The number of hydrogen-bond donors (Lipinski definition) is 0. The Kier molecular flexibility index (Phi) is 3.77. The van der Waals surface area contributed by atoms with Gasteiger partial charge in [0.05, 0.1) is 24.0 Å². The molecule has 1 aromatic rings. The lowest BCUT2D eigenvalue weighted by atomic mass is 9.98. The van der Waals surface area contributed by atoms with Gasteiger partial charge in [-0.05, 0) is 31.4 Å². The number of likely N-dealkylation sites (tertiary alicyclic amines) is 1. The zero-order valence-electron chi connectivity index (χ0n) is 13.1. The number of pyridine rings is 1. The maximum absolute atomic E-state index is 12.8. The fraction of sp³-hybridized carbons (Fsp3) is 0.588. The van der Waals surface area contributed by atoms with Crippen LogP contribution in [-0.4, -0.2) is 53.5 Å². The van der Waals surface area contributed by atoms with Crippen LogP contribution in [0.1, 0.15) is 25.7 Å². The van der Waals surface area contributed by atoms with Crippen molar-refractivity contribution < 1.29 is 14.3 Å². The molecule has 3 aliphatic heterocycles. The maximum Gasteiger partial charge on any atom is 0.229 e. The summed E-state index contributed by atoms with van der Waals surface area (Å²) in [6.45, 7) is 2.08. The van der Waals surface area contributed by atoms with E-state index in [4.69, 9.17) is 4.74 Å². The molecule has 2 atom stereocenters. The van der Waals surface area contributed by atoms with Crippen LogP contribution in [0.15, 0.2) is 24.5 Å². The van der Waals surface area contributed by atoms with E-state index in [1.54, 1.807) is 12.4 Å². The third kappa shape index (κ3) is 2.51. The minimum absolute atomic E-state index is 0.0121. The summed E-state index contributed by atoms with van der Waals surface area (Å²) in [7, 11) is 0. The van der Waals surface area contributed by atoms with Crippen LogP contribution in [-0.2, 0) is 14.3 Å². The number of rotatable bonds is 2. The van der Waals surface area contributed by atoms with Crippen molar-refractivity contribution in [2.75, 3.05) is 24.7 Å². The molecule has 0 N–H and O–H groups in total. The van der Waals surface area contributed by atoms with Gasteiger partial charge in [-0.1, -0.05) is 0 Å². The van der Waals surface area contributed by atoms with Gasteiger partial charge in [-0.3, -0.25) is 14.6 Å². The molecule has 4 rings (SSSR count). The Labute approximate surface area is 135 Å². The van der Waals surface area contributed by atoms with Gasteiger partial charge in [0.25, 0.3) is 0 Å². The molecule has 0 spiro atoms. The van der Waals surface area contributed by atoms with Crippen LogP contribution in [0.4, 0.5) is 5.69 Å². The lowest BCUT2D eigenvalue weighted by Gasteiger charge is -2.30. The van der Waals surface area contributed by atoms with Crippen molar-refractivity contribution in [1.29, 1.82) is 0 Å². The predicted octanol–water partition coefficient (Wildman–Crippen LogP) is 1.21. The lowest BCUT2D eigenvalue weighted by Crippen LogP contribution is -2.43. The highest BCUT2D eigenvalue weighted by Crippen LogP contribution is 2.37. The first-order chi connectivity index (χ1) is 11.3. The van der Waals surface area contributed by atoms with E-state index in [1.165, 1.54) is 0 Å². The molecular formula is C17H21N3O3. The molecule has 122 valence electrons. The van der Waals surface area contributed by atoms with E-state index in [0.717, 1.165) is 31.5 Å². The smallest absolute Gasteiger partial charge is 0.229 e. The molecule has 0 saturated carbocycles. The molecule has 3 fully saturated rings. The molecule has 3 aliphatic rings. The highest BCUT2D eigenvalue weighted by molar-refractivity contribution is 5.98. The third-order valence-electron chi connectivity index (χ3n) is 5.27. The van der Waals surface area contributed by atoms with E-state index >= 15 is 0 Å². The molecule has 0 aliphatic carbocycles. The van der Waals surface area contributed by atoms with Crippen LogP contribution in [0.5, 0.6) is 0 Å². The summed E-state index contributed by atoms with van der Waals surface area (Å²) >= 11 is 0. The number of fused-ring (bicyclic) bond motifs is 1. The molecule has 1 aromatic heterocycles. The number of ether oxygens (including phenoxy) is 1. The average molecular weight is 315 g/mol. The molecular weight excluding hydrogens is 294 g/mol. The molecule has 3 saturated heterocycles. The number of carbonyl (C=O) groups is 2. The summed E-state index contributed by atoms with van der Waals surface area (Å²) in [6.07, 6.45) is 6.30. The molecule has 23 heavy (non-hydrogen) atoms. The third-order valence-corrected chi connectivity index (χ3v) is 5.27. The van der Waals surface area contributed by atoms with Gasteiger partial charge >= 0.3 is 0 Å². The van der Waals surface area contributed by atoms with Gasteiger partial charge in [-0.15, -0.1) is 0 Å².